The molecule has 0 spiro atoms. The Morgan fingerprint density at radius 2 is 2.06 bits per heavy atom. The van der Waals surface area contributed by atoms with Gasteiger partial charge in [0.05, 0.1) is 0 Å². The summed E-state index contributed by atoms with van der Waals surface area (Å²) in [5.74, 6) is 7.11. The smallest absolute Gasteiger partial charge is 0.148 e. The predicted molar refractivity (Wildman–Crippen MR) is 65.1 cm³/mol. The molecule has 0 bridgehead atoms. The average molecular weight is 221 g/mol. The number of rotatable bonds is 5. The standard InChI is InChI=1S/C11H19N5/c1-3-4-8-9(15-11(2)5-6-11)13-7-14-10(8)16-12/h7H,3-6,12H2,1-2H3,(H2,13,14,15,16). The molecule has 1 saturated carbocycles. The first kappa shape index (κ1) is 11.1. The average Bonchev–Trinajstić information content (AvgIpc) is 2.99. The molecule has 4 N–H and O–H groups in total. The minimum absolute atomic E-state index is 0.225. The molecule has 88 valence electrons. The second-order valence-corrected chi connectivity index (χ2v) is 4.63. The minimum Gasteiger partial charge on any atom is -0.365 e. The van der Waals surface area contributed by atoms with E-state index in [0.717, 1.165) is 30.0 Å². The van der Waals surface area contributed by atoms with Gasteiger partial charge in [0.25, 0.3) is 0 Å². The van der Waals surface area contributed by atoms with E-state index in [1.54, 1.807) is 6.33 Å². The zero-order valence-corrected chi connectivity index (χ0v) is 9.88. The van der Waals surface area contributed by atoms with Gasteiger partial charge in [-0.2, -0.15) is 0 Å². The third kappa shape index (κ3) is 2.24. The molecule has 0 unspecified atom stereocenters. The Morgan fingerprint density at radius 1 is 1.38 bits per heavy atom. The van der Waals surface area contributed by atoms with Crippen LogP contribution in [0.4, 0.5) is 11.6 Å². The maximum Gasteiger partial charge on any atom is 0.148 e. The SMILES string of the molecule is CCCc1c(NN)ncnc1NC1(C)CC1. The third-order valence-electron chi connectivity index (χ3n) is 3.00. The second-order valence-electron chi connectivity index (χ2n) is 4.63. The van der Waals surface area contributed by atoms with Crippen molar-refractivity contribution in [2.45, 2.75) is 45.1 Å². The summed E-state index contributed by atoms with van der Waals surface area (Å²) in [6.07, 6.45) is 5.93. The van der Waals surface area contributed by atoms with Gasteiger partial charge in [-0.1, -0.05) is 13.3 Å². The van der Waals surface area contributed by atoms with Crippen LogP contribution >= 0.6 is 0 Å². The molecule has 16 heavy (non-hydrogen) atoms. The highest BCUT2D eigenvalue weighted by Crippen LogP contribution is 2.39. The van der Waals surface area contributed by atoms with Gasteiger partial charge in [-0.15, -0.1) is 0 Å². The zero-order valence-electron chi connectivity index (χ0n) is 9.88. The van der Waals surface area contributed by atoms with Crippen molar-refractivity contribution >= 4 is 11.6 Å². The number of hydrogen-bond acceptors (Lipinski definition) is 5. The summed E-state index contributed by atoms with van der Waals surface area (Å²) in [5.41, 5.74) is 3.94. The Kier molecular flexibility index (Phi) is 2.96. The molecule has 0 radical (unpaired) electrons. The monoisotopic (exact) mass is 221 g/mol. The van der Waals surface area contributed by atoms with Crippen LogP contribution in [0.3, 0.4) is 0 Å². The molecule has 0 aliphatic heterocycles. The molecule has 5 heteroatoms. The topological polar surface area (TPSA) is 75.9 Å². The van der Waals surface area contributed by atoms with Gasteiger partial charge in [0.2, 0.25) is 0 Å². The first-order valence-electron chi connectivity index (χ1n) is 5.77. The first-order valence-corrected chi connectivity index (χ1v) is 5.77. The maximum atomic E-state index is 5.46. The van der Waals surface area contributed by atoms with E-state index in [-0.39, 0.29) is 5.54 Å². The van der Waals surface area contributed by atoms with E-state index in [1.807, 2.05) is 0 Å². The molecular formula is C11H19N5. The molecule has 1 aliphatic carbocycles. The number of nitrogens with one attached hydrogen (secondary N) is 2. The number of hydrazine groups is 1. The van der Waals surface area contributed by atoms with Crippen LogP contribution in [0, 0.1) is 0 Å². The van der Waals surface area contributed by atoms with E-state index in [1.165, 1.54) is 12.8 Å². The summed E-state index contributed by atoms with van der Waals surface area (Å²) in [5, 5.41) is 3.47. The number of nitrogens with two attached hydrogens (primary N) is 1. The third-order valence-corrected chi connectivity index (χ3v) is 3.00. The van der Waals surface area contributed by atoms with Crippen molar-refractivity contribution < 1.29 is 0 Å². The molecule has 1 heterocycles. The fourth-order valence-electron chi connectivity index (χ4n) is 1.73. The summed E-state index contributed by atoms with van der Waals surface area (Å²) >= 11 is 0. The van der Waals surface area contributed by atoms with Crippen molar-refractivity contribution in [2.24, 2.45) is 5.84 Å². The summed E-state index contributed by atoms with van der Waals surface area (Å²) in [6, 6.07) is 0. The number of hydrogen-bond donors (Lipinski definition) is 3. The first-order chi connectivity index (χ1) is 7.68. The van der Waals surface area contributed by atoms with Gasteiger partial charge in [0.15, 0.2) is 0 Å². The molecule has 0 atom stereocenters. The quantitative estimate of drug-likeness (QED) is 0.521. The lowest BCUT2D eigenvalue weighted by molar-refractivity contribution is 0.806. The highest BCUT2D eigenvalue weighted by molar-refractivity contribution is 5.58. The fourth-order valence-corrected chi connectivity index (χ4v) is 1.73. The summed E-state index contributed by atoms with van der Waals surface area (Å²) in [6.45, 7) is 4.34. The van der Waals surface area contributed by atoms with Crippen LogP contribution in [0.15, 0.2) is 6.33 Å². The number of aromatic nitrogens is 2. The largest absolute Gasteiger partial charge is 0.365 e. The lowest BCUT2D eigenvalue weighted by atomic mass is 10.1. The summed E-state index contributed by atoms with van der Waals surface area (Å²) < 4.78 is 0. The molecule has 1 aromatic heterocycles. The Balaban J connectivity index is 2.27. The molecule has 0 amide bonds. The Bertz CT molecular complexity index is 373. The van der Waals surface area contributed by atoms with Gasteiger partial charge in [0, 0.05) is 11.1 Å². The molecular weight excluding hydrogens is 202 g/mol. The second kappa shape index (κ2) is 4.25. The van der Waals surface area contributed by atoms with Crippen LogP contribution in [0.25, 0.3) is 0 Å². The van der Waals surface area contributed by atoms with Crippen LogP contribution < -0.4 is 16.6 Å². The maximum absolute atomic E-state index is 5.46. The molecule has 1 fully saturated rings. The van der Waals surface area contributed by atoms with Crippen molar-refractivity contribution in [3.8, 4) is 0 Å². The Hall–Kier alpha value is -1.36. The zero-order chi connectivity index (χ0) is 11.6. The van der Waals surface area contributed by atoms with Crippen LogP contribution in [-0.4, -0.2) is 15.5 Å². The van der Waals surface area contributed by atoms with E-state index in [2.05, 4.69) is 34.6 Å². The molecule has 1 aromatic rings. The van der Waals surface area contributed by atoms with E-state index < -0.39 is 0 Å². The van der Waals surface area contributed by atoms with E-state index in [9.17, 15) is 0 Å². The highest BCUT2D eigenvalue weighted by atomic mass is 15.3. The summed E-state index contributed by atoms with van der Waals surface area (Å²) in [4.78, 5) is 8.45. The highest BCUT2D eigenvalue weighted by Gasteiger charge is 2.38. The Labute approximate surface area is 95.8 Å². The predicted octanol–water partition coefficient (Wildman–Crippen LogP) is 1.68. The van der Waals surface area contributed by atoms with Gasteiger partial charge < -0.3 is 10.7 Å². The normalized spacial score (nSPS) is 16.9. The van der Waals surface area contributed by atoms with Crippen molar-refractivity contribution in [3.63, 3.8) is 0 Å². The van der Waals surface area contributed by atoms with Crippen LogP contribution in [-0.2, 0) is 6.42 Å². The molecule has 5 nitrogen and oxygen atoms in total. The number of nitrogen functional groups attached to an aromatic ring is 1. The van der Waals surface area contributed by atoms with Gasteiger partial charge in [-0.05, 0) is 26.2 Å². The van der Waals surface area contributed by atoms with E-state index in [4.69, 9.17) is 5.84 Å². The van der Waals surface area contributed by atoms with Crippen molar-refractivity contribution in [3.05, 3.63) is 11.9 Å². The van der Waals surface area contributed by atoms with E-state index in [0.29, 0.717) is 0 Å². The van der Waals surface area contributed by atoms with Gasteiger partial charge in [-0.25, -0.2) is 15.8 Å². The number of nitrogens with zero attached hydrogens (tertiary/aromatic N) is 2. The summed E-state index contributed by atoms with van der Waals surface area (Å²) in [7, 11) is 0. The van der Waals surface area contributed by atoms with Crippen LogP contribution in [0.1, 0.15) is 38.7 Å². The molecule has 1 aliphatic rings. The van der Waals surface area contributed by atoms with Gasteiger partial charge in [-0.3, -0.25) is 0 Å². The fraction of sp³-hybridized carbons (Fsp3) is 0.636. The lowest BCUT2D eigenvalue weighted by Crippen LogP contribution is -2.20. The van der Waals surface area contributed by atoms with Crippen molar-refractivity contribution in [2.75, 3.05) is 10.7 Å². The molecule has 2 rings (SSSR count). The minimum atomic E-state index is 0.225. The van der Waals surface area contributed by atoms with Crippen molar-refractivity contribution in [1.82, 2.24) is 9.97 Å². The van der Waals surface area contributed by atoms with Gasteiger partial charge in [0.1, 0.15) is 18.0 Å². The Morgan fingerprint density at radius 3 is 2.62 bits per heavy atom. The molecule has 0 aromatic carbocycles. The van der Waals surface area contributed by atoms with Crippen LogP contribution in [0.2, 0.25) is 0 Å². The lowest BCUT2D eigenvalue weighted by Gasteiger charge is -2.17. The van der Waals surface area contributed by atoms with Crippen LogP contribution in [0.5, 0.6) is 0 Å². The number of anilines is 2. The van der Waals surface area contributed by atoms with Crippen molar-refractivity contribution in [1.29, 1.82) is 0 Å². The molecule has 0 saturated heterocycles. The van der Waals surface area contributed by atoms with E-state index >= 15 is 0 Å². The van der Waals surface area contributed by atoms with Gasteiger partial charge >= 0.3 is 0 Å².